The van der Waals surface area contributed by atoms with Crippen molar-refractivity contribution in [1.82, 2.24) is 4.98 Å². The Morgan fingerprint density at radius 2 is 1.65 bits per heavy atom. The summed E-state index contributed by atoms with van der Waals surface area (Å²) in [6, 6.07) is 7.67. The van der Waals surface area contributed by atoms with Crippen LogP contribution in [0, 0.1) is 0 Å². The summed E-state index contributed by atoms with van der Waals surface area (Å²) in [6.07, 6.45) is -1.72. The van der Waals surface area contributed by atoms with Gasteiger partial charge in [0.05, 0.1) is 11.3 Å². The minimum absolute atomic E-state index is 0. The third-order valence-corrected chi connectivity index (χ3v) is 2.42. The lowest BCUT2D eigenvalue weighted by Crippen LogP contribution is -2.16. The summed E-state index contributed by atoms with van der Waals surface area (Å²) in [5.41, 5.74) is -0.902. The van der Waals surface area contributed by atoms with E-state index >= 15 is 0 Å². The number of para-hydroxylation sites is 1. The maximum Gasteiger partial charge on any atom is 0.418 e. The van der Waals surface area contributed by atoms with E-state index in [4.69, 9.17) is 0 Å². The van der Waals surface area contributed by atoms with Crippen molar-refractivity contribution in [3.8, 4) is 0 Å². The van der Waals surface area contributed by atoms with E-state index in [1.165, 1.54) is 42.7 Å². The van der Waals surface area contributed by atoms with E-state index < -0.39 is 17.6 Å². The summed E-state index contributed by atoms with van der Waals surface area (Å²) in [5, 5.41) is 2.25. The normalized spacial score (nSPS) is 10.6. The third-order valence-electron chi connectivity index (χ3n) is 2.42. The zero-order valence-electron chi connectivity index (χ0n) is 10.0. The number of halogens is 4. The summed E-state index contributed by atoms with van der Waals surface area (Å²) < 4.78 is 38.2. The lowest BCUT2D eigenvalue weighted by molar-refractivity contribution is -0.136. The Balaban J connectivity index is 0.00000200. The molecule has 0 spiro atoms. The minimum Gasteiger partial charge on any atom is -0.321 e. The number of hydrogen-bond donors (Lipinski definition) is 1. The van der Waals surface area contributed by atoms with Gasteiger partial charge in [0.25, 0.3) is 5.91 Å². The van der Waals surface area contributed by atoms with Gasteiger partial charge in [-0.2, -0.15) is 13.2 Å². The van der Waals surface area contributed by atoms with Gasteiger partial charge in [0.1, 0.15) is 0 Å². The number of hydrogen-bond acceptors (Lipinski definition) is 2. The van der Waals surface area contributed by atoms with Crippen molar-refractivity contribution >= 4 is 24.0 Å². The van der Waals surface area contributed by atoms with Crippen molar-refractivity contribution < 1.29 is 18.0 Å². The molecule has 0 bridgehead atoms. The third kappa shape index (κ3) is 3.71. The Kier molecular flexibility index (Phi) is 5.10. The second-order valence-electron chi connectivity index (χ2n) is 3.73. The molecule has 0 aliphatic rings. The number of carbonyl (C=O) groups is 1. The van der Waals surface area contributed by atoms with Gasteiger partial charge in [0.15, 0.2) is 0 Å². The van der Waals surface area contributed by atoms with E-state index in [0.717, 1.165) is 6.07 Å². The van der Waals surface area contributed by atoms with E-state index in [9.17, 15) is 18.0 Å². The maximum atomic E-state index is 12.7. The van der Waals surface area contributed by atoms with Crippen molar-refractivity contribution in [3.63, 3.8) is 0 Å². The highest BCUT2D eigenvalue weighted by molar-refractivity contribution is 6.04. The highest BCUT2D eigenvalue weighted by Crippen LogP contribution is 2.34. The number of alkyl halides is 3. The fourth-order valence-corrected chi connectivity index (χ4v) is 1.54. The van der Waals surface area contributed by atoms with E-state index in [0.29, 0.717) is 0 Å². The molecule has 20 heavy (non-hydrogen) atoms. The van der Waals surface area contributed by atoms with Crippen LogP contribution in [0.1, 0.15) is 15.9 Å². The number of pyridine rings is 1. The van der Waals surface area contributed by atoms with Crippen molar-refractivity contribution in [3.05, 3.63) is 59.9 Å². The van der Waals surface area contributed by atoms with Gasteiger partial charge in [0, 0.05) is 18.0 Å². The molecule has 1 amide bonds. The molecule has 7 heteroatoms. The van der Waals surface area contributed by atoms with Crippen LogP contribution in [0.25, 0.3) is 0 Å². The summed E-state index contributed by atoms with van der Waals surface area (Å²) in [6.45, 7) is 0. The average Bonchev–Trinajstić information content (AvgIpc) is 2.39. The van der Waals surface area contributed by atoms with Gasteiger partial charge >= 0.3 is 6.18 Å². The van der Waals surface area contributed by atoms with Crippen molar-refractivity contribution in [2.45, 2.75) is 6.18 Å². The molecule has 2 rings (SSSR count). The van der Waals surface area contributed by atoms with Crippen molar-refractivity contribution in [2.24, 2.45) is 0 Å². The van der Waals surface area contributed by atoms with Gasteiger partial charge < -0.3 is 5.32 Å². The predicted molar refractivity (Wildman–Crippen MR) is 70.9 cm³/mol. The SMILES string of the molecule is Cl.O=C(Nc1ccccc1C(F)(F)F)c1ccncc1. The molecule has 0 fully saturated rings. The molecule has 1 aromatic heterocycles. The number of aromatic nitrogens is 1. The molecule has 0 unspecified atom stereocenters. The standard InChI is InChI=1S/C13H9F3N2O.ClH/c14-13(15,16)10-3-1-2-4-11(10)18-12(19)9-5-7-17-8-6-9;/h1-8H,(H,18,19);1H. The average molecular weight is 303 g/mol. The summed E-state index contributed by atoms with van der Waals surface area (Å²) in [5.74, 6) is -0.612. The minimum atomic E-state index is -4.51. The van der Waals surface area contributed by atoms with Crippen LogP contribution in [-0.4, -0.2) is 10.9 Å². The molecule has 1 aromatic carbocycles. The second kappa shape index (κ2) is 6.38. The zero-order valence-corrected chi connectivity index (χ0v) is 10.8. The van der Waals surface area contributed by atoms with Crippen LogP contribution in [0.15, 0.2) is 48.8 Å². The summed E-state index contributed by atoms with van der Waals surface area (Å²) in [7, 11) is 0. The van der Waals surface area contributed by atoms with Gasteiger partial charge in [-0.25, -0.2) is 0 Å². The lowest BCUT2D eigenvalue weighted by Gasteiger charge is -2.13. The highest BCUT2D eigenvalue weighted by atomic mass is 35.5. The van der Waals surface area contributed by atoms with Crippen LogP contribution < -0.4 is 5.32 Å². The number of nitrogens with zero attached hydrogens (tertiary/aromatic N) is 1. The zero-order chi connectivity index (χ0) is 13.9. The number of nitrogens with one attached hydrogen (secondary N) is 1. The number of rotatable bonds is 2. The van der Waals surface area contributed by atoms with Gasteiger partial charge in [-0.3, -0.25) is 9.78 Å². The predicted octanol–water partition coefficient (Wildman–Crippen LogP) is 3.77. The molecule has 0 atom stereocenters. The first-order chi connectivity index (χ1) is 8.98. The van der Waals surface area contributed by atoms with Crippen LogP contribution in [0.3, 0.4) is 0 Å². The molecule has 1 N–H and O–H groups in total. The van der Waals surface area contributed by atoms with E-state index in [-0.39, 0.29) is 23.7 Å². The molecule has 0 radical (unpaired) electrons. The Hall–Kier alpha value is -2.08. The number of carbonyl (C=O) groups excluding carboxylic acids is 1. The molecule has 106 valence electrons. The van der Waals surface area contributed by atoms with E-state index in [1.54, 1.807) is 0 Å². The van der Waals surface area contributed by atoms with E-state index in [2.05, 4.69) is 10.3 Å². The number of anilines is 1. The van der Waals surface area contributed by atoms with E-state index in [1.807, 2.05) is 0 Å². The van der Waals surface area contributed by atoms with Gasteiger partial charge in [-0.05, 0) is 24.3 Å². The van der Waals surface area contributed by atoms with Crippen LogP contribution in [-0.2, 0) is 6.18 Å². The molecule has 3 nitrogen and oxygen atoms in total. The number of benzene rings is 1. The molecule has 1 heterocycles. The first-order valence-electron chi connectivity index (χ1n) is 5.36. The molecular formula is C13H10ClF3N2O. The summed E-state index contributed by atoms with van der Waals surface area (Å²) in [4.78, 5) is 15.5. The first kappa shape index (κ1) is 16.0. The van der Waals surface area contributed by atoms with Crippen LogP contribution in [0.5, 0.6) is 0 Å². The van der Waals surface area contributed by atoms with Gasteiger partial charge in [0.2, 0.25) is 0 Å². The van der Waals surface area contributed by atoms with Crippen LogP contribution in [0.4, 0.5) is 18.9 Å². The Morgan fingerprint density at radius 3 is 2.25 bits per heavy atom. The molecule has 0 saturated carbocycles. The summed E-state index contributed by atoms with van der Waals surface area (Å²) >= 11 is 0. The van der Waals surface area contributed by atoms with Crippen molar-refractivity contribution in [2.75, 3.05) is 5.32 Å². The Morgan fingerprint density at radius 1 is 1.05 bits per heavy atom. The quantitative estimate of drug-likeness (QED) is 0.917. The Bertz CT molecular complexity index is 588. The monoisotopic (exact) mass is 302 g/mol. The largest absolute Gasteiger partial charge is 0.418 e. The smallest absolute Gasteiger partial charge is 0.321 e. The molecule has 0 aliphatic heterocycles. The van der Waals surface area contributed by atoms with Gasteiger partial charge in [-0.1, -0.05) is 12.1 Å². The topological polar surface area (TPSA) is 42.0 Å². The highest BCUT2D eigenvalue weighted by Gasteiger charge is 2.33. The second-order valence-corrected chi connectivity index (χ2v) is 3.73. The molecular weight excluding hydrogens is 293 g/mol. The number of amides is 1. The van der Waals surface area contributed by atoms with Crippen molar-refractivity contribution in [1.29, 1.82) is 0 Å². The van der Waals surface area contributed by atoms with Gasteiger partial charge in [-0.15, -0.1) is 12.4 Å². The Labute approximate surface area is 119 Å². The maximum absolute atomic E-state index is 12.7. The first-order valence-corrected chi connectivity index (χ1v) is 5.36. The van der Waals surface area contributed by atoms with Crippen LogP contribution >= 0.6 is 12.4 Å². The molecule has 0 aliphatic carbocycles. The molecule has 2 aromatic rings. The fourth-order valence-electron chi connectivity index (χ4n) is 1.54. The fraction of sp³-hybridized carbons (Fsp3) is 0.0769. The lowest BCUT2D eigenvalue weighted by atomic mass is 10.1. The molecule has 0 saturated heterocycles. The van der Waals surface area contributed by atoms with Crippen LogP contribution in [0.2, 0.25) is 0 Å².